The van der Waals surface area contributed by atoms with Crippen LogP contribution in [0.5, 0.6) is 0 Å². The maximum Gasteiger partial charge on any atom is 0.264 e. The minimum Gasteiger partial charge on any atom is -0.463 e. The lowest BCUT2D eigenvalue weighted by Gasteiger charge is -2.19. The second kappa shape index (κ2) is 4.41. The number of nitrogens with one attached hydrogen (secondary N) is 1. The third-order valence-corrected chi connectivity index (χ3v) is 4.37. The quantitative estimate of drug-likeness (QED) is 0.791. The van der Waals surface area contributed by atoms with E-state index in [-0.39, 0.29) is 11.9 Å². The van der Waals surface area contributed by atoms with Crippen molar-refractivity contribution in [1.82, 2.24) is 25.5 Å². The van der Waals surface area contributed by atoms with Crippen LogP contribution in [0, 0.1) is 0 Å². The molecule has 7 nitrogen and oxygen atoms in total. The molecule has 4 rings (SSSR count). The van der Waals surface area contributed by atoms with E-state index in [1.807, 2.05) is 11.0 Å². The van der Waals surface area contributed by atoms with Crippen molar-refractivity contribution in [2.45, 2.75) is 25.4 Å². The molecule has 0 radical (unpaired) electrons. The second-order valence-corrected chi connectivity index (χ2v) is 5.84. The molecule has 1 saturated carbocycles. The number of H-pyrrole nitrogens is 1. The number of carbonyl (C=O) groups excluding carboxylic acids is 1. The number of aromatic amines is 1. The molecule has 3 heterocycles. The Bertz CT molecular complexity index is 714. The van der Waals surface area contributed by atoms with Crippen molar-refractivity contribution in [2.75, 3.05) is 0 Å². The molecule has 0 atom stereocenters. The van der Waals surface area contributed by atoms with Gasteiger partial charge in [-0.15, -0.1) is 21.5 Å². The third-order valence-electron chi connectivity index (χ3n) is 3.30. The van der Waals surface area contributed by atoms with E-state index in [9.17, 15) is 4.79 Å². The average molecular weight is 289 g/mol. The van der Waals surface area contributed by atoms with Crippen LogP contribution in [0.15, 0.2) is 22.8 Å². The SMILES string of the molecule is O=C(c1cc2occc2s1)N(Cc1nn[nH]n1)C1CC1. The molecule has 102 valence electrons. The van der Waals surface area contributed by atoms with E-state index in [1.165, 1.54) is 11.3 Å². The Morgan fingerprint density at radius 1 is 1.55 bits per heavy atom. The van der Waals surface area contributed by atoms with Gasteiger partial charge in [-0.25, -0.2) is 0 Å². The van der Waals surface area contributed by atoms with Gasteiger partial charge in [0.05, 0.1) is 22.4 Å². The number of rotatable bonds is 4. The summed E-state index contributed by atoms with van der Waals surface area (Å²) in [6, 6.07) is 3.96. The first-order chi connectivity index (χ1) is 9.81. The number of nitrogens with zero attached hydrogens (tertiary/aromatic N) is 4. The summed E-state index contributed by atoms with van der Waals surface area (Å²) in [5.74, 6) is 0.541. The van der Waals surface area contributed by atoms with Crippen LogP contribution in [0.25, 0.3) is 10.3 Å². The van der Waals surface area contributed by atoms with Crippen molar-refractivity contribution >= 4 is 27.5 Å². The molecule has 3 aromatic rings. The third kappa shape index (κ3) is 1.97. The molecule has 20 heavy (non-hydrogen) atoms. The molecule has 0 spiro atoms. The highest BCUT2D eigenvalue weighted by Gasteiger charge is 2.34. The maximum atomic E-state index is 12.6. The molecular formula is C12H11N5O2S. The fourth-order valence-electron chi connectivity index (χ4n) is 2.17. The molecule has 0 bridgehead atoms. The van der Waals surface area contributed by atoms with Gasteiger partial charge in [0.15, 0.2) is 5.82 Å². The van der Waals surface area contributed by atoms with Crippen LogP contribution in [-0.4, -0.2) is 37.5 Å². The van der Waals surface area contributed by atoms with Gasteiger partial charge in [0.2, 0.25) is 0 Å². The van der Waals surface area contributed by atoms with Crippen molar-refractivity contribution in [2.24, 2.45) is 0 Å². The predicted octanol–water partition coefficient (Wildman–Crippen LogP) is 1.81. The van der Waals surface area contributed by atoms with E-state index >= 15 is 0 Å². The number of fused-ring (bicyclic) bond motifs is 1. The first-order valence-electron chi connectivity index (χ1n) is 6.31. The van der Waals surface area contributed by atoms with Crippen molar-refractivity contribution in [3.05, 3.63) is 29.1 Å². The number of hydrogen-bond acceptors (Lipinski definition) is 6. The van der Waals surface area contributed by atoms with Crippen molar-refractivity contribution in [3.63, 3.8) is 0 Å². The molecule has 3 aromatic heterocycles. The molecule has 1 amide bonds. The minimum atomic E-state index is 0.00806. The monoisotopic (exact) mass is 289 g/mol. The summed E-state index contributed by atoms with van der Waals surface area (Å²) < 4.78 is 6.30. The summed E-state index contributed by atoms with van der Waals surface area (Å²) in [5, 5.41) is 13.8. The highest BCUT2D eigenvalue weighted by molar-refractivity contribution is 7.20. The van der Waals surface area contributed by atoms with Gasteiger partial charge in [0.1, 0.15) is 5.58 Å². The summed E-state index contributed by atoms with van der Waals surface area (Å²) in [6.07, 6.45) is 3.70. The second-order valence-electron chi connectivity index (χ2n) is 4.75. The summed E-state index contributed by atoms with van der Waals surface area (Å²) in [5.41, 5.74) is 0.758. The maximum absolute atomic E-state index is 12.6. The van der Waals surface area contributed by atoms with E-state index in [0.717, 1.165) is 23.1 Å². The number of furan rings is 1. The lowest BCUT2D eigenvalue weighted by molar-refractivity contribution is 0.0730. The number of hydrogen-bond donors (Lipinski definition) is 1. The van der Waals surface area contributed by atoms with Crippen LogP contribution >= 0.6 is 11.3 Å². The summed E-state index contributed by atoms with van der Waals surface area (Å²) >= 11 is 1.45. The number of carbonyl (C=O) groups is 1. The average Bonchev–Trinajstić information content (AvgIpc) is 2.87. The lowest BCUT2D eigenvalue weighted by atomic mass is 10.3. The molecule has 1 aliphatic carbocycles. The largest absolute Gasteiger partial charge is 0.463 e. The highest BCUT2D eigenvalue weighted by atomic mass is 32.1. The number of tetrazole rings is 1. The molecule has 8 heteroatoms. The van der Waals surface area contributed by atoms with Crippen LogP contribution in [0.1, 0.15) is 28.3 Å². The Labute approximate surface area is 117 Å². The van der Waals surface area contributed by atoms with Crippen LogP contribution in [0.2, 0.25) is 0 Å². The van der Waals surface area contributed by atoms with Crippen molar-refractivity contribution in [3.8, 4) is 0 Å². The summed E-state index contributed by atoms with van der Waals surface area (Å²) in [7, 11) is 0. The standard InChI is InChI=1S/C12H11N5O2S/c18-12(10-5-8-9(20-10)3-4-19-8)17(7-1-2-7)6-11-13-15-16-14-11/h3-5,7H,1-2,6H2,(H,13,14,15,16). The van der Waals surface area contributed by atoms with Gasteiger partial charge in [-0.1, -0.05) is 5.21 Å². The predicted molar refractivity (Wildman–Crippen MR) is 71.2 cm³/mol. The molecule has 0 unspecified atom stereocenters. The Kier molecular flexibility index (Phi) is 2.56. The Hall–Kier alpha value is -2.22. The first kappa shape index (κ1) is 11.6. The van der Waals surface area contributed by atoms with E-state index in [1.54, 1.807) is 12.3 Å². The molecular weight excluding hydrogens is 278 g/mol. The summed E-state index contributed by atoms with van der Waals surface area (Å²) in [4.78, 5) is 15.1. The topological polar surface area (TPSA) is 87.9 Å². The molecule has 0 aliphatic heterocycles. The highest BCUT2D eigenvalue weighted by Crippen LogP contribution is 2.32. The zero-order valence-electron chi connectivity index (χ0n) is 10.4. The van der Waals surface area contributed by atoms with Gasteiger partial charge in [-0.3, -0.25) is 4.79 Å². The molecule has 1 aliphatic rings. The first-order valence-corrected chi connectivity index (χ1v) is 7.13. The van der Waals surface area contributed by atoms with Crippen molar-refractivity contribution < 1.29 is 9.21 Å². The van der Waals surface area contributed by atoms with Crippen LogP contribution in [0.3, 0.4) is 0 Å². The molecule has 0 saturated heterocycles. The molecule has 0 aromatic carbocycles. The fraction of sp³-hybridized carbons (Fsp3) is 0.333. The number of thiophene rings is 1. The van der Waals surface area contributed by atoms with Gasteiger partial charge in [-0.2, -0.15) is 5.21 Å². The fourth-order valence-corrected chi connectivity index (χ4v) is 3.11. The zero-order valence-corrected chi connectivity index (χ0v) is 11.3. The number of amides is 1. The molecule has 1 N–H and O–H groups in total. The number of aromatic nitrogens is 4. The normalized spacial score (nSPS) is 14.8. The van der Waals surface area contributed by atoms with Gasteiger partial charge >= 0.3 is 0 Å². The summed E-state index contributed by atoms with van der Waals surface area (Å²) in [6.45, 7) is 0.388. The van der Waals surface area contributed by atoms with Crippen LogP contribution < -0.4 is 0 Å². The van der Waals surface area contributed by atoms with Crippen LogP contribution in [0.4, 0.5) is 0 Å². The van der Waals surface area contributed by atoms with E-state index in [4.69, 9.17) is 4.42 Å². The smallest absolute Gasteiger partial charge is 0.264 e. The van der Waals surface area contributed by atoms with Crippen molar-refractivity contribution in [1.29, 1.82) is 0 Å². The van der Waals surface area contributed by atoms with Crippen LogP contribution in [-0.2, 0) is 6.54 Å². The zero-order chi connectivity index (χ0) is 13.5. The Morgan fingerprint density at radius 3 is 3.15 bits per heavy atom. The van der Waals surface area contributed by atoms with Gasteiger partial charge < -0.3 is 9.32 Å². The minimum absolute atomic E-state index is 0.00806. The Morgan fingerprint density at radius 2 is 2.45 bits per heavy atom. The molecule has 1 fully saturated rings. The van der Waals surface area contributed by atoms with Gasteiger partial charge in [0, 0.05) is 12.1 Å². The van der Waals surface area contributed by atoms with Gasteiger partial charge in [-0.05, 0) is 18.9 Å². The van der Waals surface area contributed by atoms with Gasteiger partial charge in [0.25, 0.3) is 5.91 Å². The van der Waals surface area contributed by atoms with E-state index < -0.39 is 0 Å². The van der Waals surface area contributed by atoms with E-state index in [0.29, 0.717) is 17.2 Å². The van der Waals surface area contributed by atoms with E-state index in [2.05, 4.69) is 20.6 Å². The Balaban J connectivity index is 1.62. The lowest BCUT2D eigenvalue weighted by Crippen LogP contribution is -2.32.